The van der Waals surface area contributed by atoms with E-state index in [9.17, 15) is 0 Å². The summed E-state index contributed by atoms with van der Waals surface area (Å²) in [5, 5.41) is 0. The lowest BCUT2D eigenvalue weighted by Crippen LogP contribution is -2.37. The van der Waals surface area contributed by atoms with Crippen LogP contribution in [-0.4, -0.2) is 18.0 Å². The number of rotatable bonds is 5. The van der Waals surface area contributed by atoms with Gasteiger partial charge in [-0.1, -0.05) is 54.1 Å². The van der Waals surface area contributed by atoms with Gasteiger partial charge in [0.15, 0.2) is 0 Å². The van der Waals surface area contributed by atoms with Gasteiger partial charge in [0, 0.05) is 18.6 Å². The molecule has 0 aliphatic carbocycles. The first-order chi connectivity index (χ1) is 9.99. The van der Waals surface area contributed by atoms with Gasteiger partial charge in [-0.25, -0.2) is 0 Å². The summed E-state index contributed by atoms with van der Waals surface area (Å²) in [6.07, 6.45) is 0. The van der Waals surface area contributed by atoms with E-state index in [2.05, 4.69) is 81.2 Å². The van der Waals surface area contributed by atoms with Crippen molar-refractivity contribution in [3.8, 4) is 0 Å². The highest BCUT2D eigenvalue weighted by Gasteiger charge is 2.21. The van der Waals surface area contributed by atoms with Crippen molar-refractivity contribution in [2.75, 3.05) is 7.05 Å². The molecule has 2 N–H and O–H groups in total. The fraction of sp³-hybridized carbons (Fsp3) is 0.368. The number of benzene rings is 2. The molecule has 0 bridgehead atoms. The lowest BCUT2D eigenvalue weighted by atomic mass is 9.97. The van der Waals surface area contributed by atoms with Crippen LogP contribution in [0.25, 0.3) is 0 Å². The summed E-state index contributed by atoms with van der Waals surface area (Å²) in [6.45, 7) is 7.27. The van der Waals surface area contributed by atoms with Crippen LogP contribution in [0, 0.1) is 13.8 Å². The minimum Gasteiger partial charge on any atom is -0.326 e. The van der Waals surface area contributed by atoms with Crippen LogP contribution >= 0.6 is 0 Å². The summed E-state index contributed by atoms with van der Waals surface area (Å²) < 4.78 is 0. The zero-order valence-corrected chi connectivity index (χ0v) is 13.5. The van der Waals surface area contributed by atoms with E-state index < -0.39 is 0 Å². The molecule has 0 fully saturated rings. The number of hydrogen-bond donors (Lipinski definition) is 1. The van der Waals surface area contributed by atoms with Crippen molar-refractivity contribution >= 4 is 0 Å². The second-order valence-corrected chi connectivity index (χ2v) is 6.06. The molecule has 2 aromatic carbocycles. The van der Waals surface area contributed by atoms with Crippen molar-refractivity contribution in [3.05, 3.63) is 70.8 Å². The highest BCUT2D eigenvalue weighted by atomic mass is 15.1. The molecule has 0 spiro atoms. The second kappa shape index (κ2) is 6.88. The van der Waals surface area contributed by atoms with Gasteiger partial charge in [-0.05, 0) is 44.5 Å². The van der Waals surface area contributed by atoms with E-state index >= 15 is 0 Å². The van der Waals surface area contributed by atoms with Gasteiger partial charge < -0.3 is 5.73 Å². The van der Waals surface area contributed by atoms with Crippen LogP contribution in [0.5, 0.6) is 0 Å². The molecule has 0 radical (unpaired) electrons. The maximum absolute atomic E-state index is 6.26. The first-order valence-corrected chi connectivity index (χ1v) is 7.56. The van der Waals surface area contributed by atoms with Crippen LogP contribution in [0.3, 0.4) is 0 Å². The van der Waals surface area contributed by atoms with E-state index in [0.29, 0.717) is 0 Å². The van der Waals surface area contributed by atoms with E-state index in [-0.39, 0.29) is 12.1 Å². The smallest absolute Gasteiger partial charge is 0.0496 e. The fourth-order valence-electron chi connectivity index (χ4n) is 2.88. The SMILES string of the molecule is Cc1ccc(C(C(C)N)N(C)Cc2ccccc2C)cc1. The van der Waals surface area contributed by atoms with E-state index in [0.717, 1.165) is 6.54 Å². The normalized spacial score (nSPS) is 14.2. The summed E-state index contributed by atoms with van der Waals surface area (Å²) in [5.74, 6) is 0. The molecule has 2 atom stereocenters. The second-order valence-electron chi connectivity index (χ2n) is 6.06. The first-order valence-electron chi connectivity index (χ1n) is 7.56. The van der Waals surface area contributed by atoms with E-state index in [4.69, 9.17) is 5.73 Å². The van der Waals surface area contributed by atoms with Crippen molar-refractivity contribution in [2.45, 2.75) is 39.4 Å². The molecule has 2 nitrogen and oxygen atoms in total. The Morgan fingerprint density at radius 3 is 2.19 bits per heavy atom. The largest absolute Gasteiger partial charge is 0.326 e. The predicted molar refractivity (Wildman–Crippen MR) is 90.2 cm³/mol. The average Bonchev–Trinajstić information content (AvgIpc) is 2.43. The third-order valence-corrected chi connectivity index (χ3v) is 4.07. The van der Waals surface area contributed by atoms with Crippen molar-refractivity contribution in [1.29, 1.82) is 0 Å². The molecule has 0 aliphatic heterocycles. The zero-order valence-electron chi connectivity index (χ0n) is 13.5. The van der Waals surface area contributed by atoms with Gasteiger partial charge in [0.25, 0.3) is 0 Å². The van der Waals surface area contributed by atoms with Crippen LogP contribution in [0.15, 0.2) is 48.5 Å². The molecule has 2 aromatic rings. The lowest BCUT2D eigenvalue weighted by molar-refractivity contribution is 0.210. The molecule has 2 heteroatoms. The Kier molecular flexibility index (Phi) is 5.16. The Balaban J connectivity index is 2.22. The highest BCUT2D eigenvalue weighted by molar-refractivity contribution is 5.28. The number of nitrogens with zero attached hydrogens (tertiary/aromatic N) is 1. The minimum atomic E-state index is 0.0849. The summed E-state index contributed by atoms with van der Waals surface area (Å²) in [6, 6.07) is 17.6. The maximum atomic E-state index is 6.26. The quantitative estimate of drug-likeness (QED) is 0.903. The number of hydrogen-bond acceptors (Lipinski definition) is 2. The Morgan fingerprint density at radius 1 is 1.00 bits per heavy atom. The minimum absolute atomic E-state index is 0.0849. The molecule has 112 valence electrons. The summed E-state index contributed by atoms with van der Waals surface area (Å²) in [7, 11) is 2.15. The standard InChI is InChI=1S/C19H26N2/c1-14-9-11-17(12-10-14)19(16(3)20)21(4)13-18-8-6-5-7-15(18)2/h5-12,16,19H,13,20H2,1-4H3. The van der Waals surface area contributed by atoms with Crippen LogP contribution in [0.2, 0.25) is 0 Å². The molecular formula is C19H26N2. The first kappa shape index (κ1) is 15.7. The molecule has 0 aromatic heterocycles. The van der Waals surface area contributed by atoms with Gasteiger partial charge in [-0.15, -0.1) is 0 Å². The molecule has 0 heterocycles. The zero-order chi connectivity index (χ0) is 15.4. The van der Waals surface area contributed by atoms with Gasteiger partial charge in [-0.3, -0.25) is 4.90 Å². The molecule has 0 saturated heterocycles. The van der Waals surface area contributed by atoms with Gasteiger partial charge in [0.05, 0.1) is 0 Å². The molecular weight excluding hydrogens is 256 g/mol. The lowest BCUT2D eigenvalue weighted by Gasteiger charge is -2.32. The van der Waals surface area contributed by atoms with Crippen LogP contribution in [-0.2, 0) is 6.54 Å². The number of aryl methyl sites for hydroxylation is 2. The van der Waals surface area contributed by atoms with Crippen LogP contribution in [0.1, 0.15) is 35.2 Å². The van der Waals surface area contributed by atoms with E-state index in [1.807, 2.05) is 0 Å². The number of nitrogens with two attached hydrogens (primary N) is 1. The van der Waals surface area contributed by atoms with Gasteiger partial charge in [-0.2, -0.15) is 0 Å². The van der Waals surface area contributed by atoms with Crippen molar-refractivity contribution in [3.63, 3.8) is 0 Å². The van der Waals surface area contributed by atoms with E-state index in [1.54, 1.807) is 0 Å². The Hall–Kier alpha value is -1.64. The highest BCUT2D eigenvalue weighted by Crippen LogP contribution is 2.25. The Morgan fingerprint density at radius 2 is 1.62 bits per heavy atom. The molecule has 0 amide bonds. The van der Waals surface area contributed by atoms with Gasteiger partial charge in [0.2, 0.25) is 0 Å². The van der Waals surface area contributed by atoms with Crippen molar-refractivity contribution < 1.29 is 0 Å². The third kappa shape index (κ3) is 3.93. The molecule has 0 aliphatic rings. The summed E-state index contributed by atoms with van der Waals surface area (Å²) >= 11 is 0. The van der Waals surface area contributed by atoms with Crippen LogP contribution < -0.4 is 5.73 Å². The fourth-order valence-corrected chi connectivity index (χ4v) is 2.88. The van der Waals surface area contributed by atoms with Crippen molar-refractivity contribution in [2.24, 2.45) is 5.73 Å². The van der Waals surface area contributed by atoms with Gasteiger partial charge >= 0.3 is 0 Å². The maximum Gasteiger partial charge on any atom is 0.0496 e. The molecule has 2 unspecified atom stereocenters. The Labute approximate surface area is 128 Å². The third-order valence-electron chi connectivity index (χ3n) is 4.07. The topological polar surface area (TPSA) is 29.3 Å². The summed E-state index contributed by atoms with van der Waals surface area (Å²) in [4.78, 5) is 2.34. The number of likely N-dealkylation sites (N-methyl/N-ethyl adjacent to an activating group) is 1. The molecule has 0 saturated carbocycles. The van der Waals surface area contributed by atoms with E-state index in [1.165, 1.54) is 22.3 Å². The average molecular weight is 282 g/mol. The molecule has 2 rings (SSSR count). The predicted octanol–water partition coefficient (Wildman–Crippen LogP) is 3.82. The van der Waals surface area contributed by atoms with Gasteiger partial charge in [0.1, 0.15) is 0 Å². The Bertz CT molecular complexity index is 572. The monoisotopic (exact) mass is 282 g/mol. The summed E-state index contributed by atoms with van der Waals surface area (Å²) in [5.41, 5.74) is 11.5. The van der Waals surface area contributed by atoms with Crippen LogP contribution in [0.4, 0.5) is 0 Å². The molecule has 21 heavy (non-hydrogen) atoms. The van der Waals surface area contributed by atoms with Crippen molar-refractivity contribution in [1.82, 2.24) is 4.90 Å².